The van der Waals surface area contributed by atoms with Crippen molar-refractivity contribution in [3.05, 3.63) is 35.2 Å². The molecule has 2 heterocycles. The molecule has 86 valence electrons. The van der Waals surface area contributed by atoms with Gasteiger partial charge in [0.05, 0.1) is 25.0 Å². The van der Waals surface area contributed by atoms with E-state index in [1.807, 2.05) is 20.8 Å². The second-order valence-corrected chi connectivity index (χ2v) is 3.72. The standard InChI is InChI=1S/C11H15N3O2/c1-7-4-13-10(15-7)5-12-6-11-14-8(2)9(3)16-11/h4,12H,5-6H2,1-3H3. The maximum atomic E-state index is 5.43. The molecule has 0 bridgehead atoms. The van der Waals surface area contributed by atoms with E-state index in [0.29, 0.717) is 24.9 Å². The molecule has 2 aromatic rings. The third-order valence-electron chi connectivity index (χ3n) is 2.29. The zero-order chi connectivity index (χ0) is 11.5. The number of nitrogens with one attached hydrogen (secondary N) is 1. The van der Waals surface area contributed by atoms with E-state index in [1.54, 1.807) is 6.20 Å². The summed E-state index contributed by atoms with van der Waals surface area (Å²) in [6.07, 6.45) is 1.70. The molecule has 0 spiro atoms. The van der Waals surface area contributed by atoms with Gasteiger partial charge in [-0.25, -0.2) is 9.97 Å². The summed E-state index contributed by atoms with van der Waals surface area (Å²) < 4.78 is 10.8. The van der Waals surface area contributed by atoms with E-state index in [9.17, 15) is 0 Å². The van der Waals surface area contributed by atoms with Gasteiger partial charge in [-0.05, 0) is 20.8 Å². The summed E-state index contributed by atoms with van der Waals surface area (Å²) in [4.78, 5) is 8.36. The first-order valence-electron chi connectivity index (χ1n) is 5.20. The molecule has 1 N–H and O–H groups in total. The fourth-order valence-electron chi connectivity index (χ4n) is 1.37. The maximum absolute atomic E-state index is 5.43. The van der Waals surface area contributed by atoms with Crippen LogP contribution in [-0.4, -0.2) is 9.97 Å². The first kappa shape index (κ1) is 10.9. The number of aromatic nitrogens is 2. The number of oxazole rings is 2. The van der Waals surface area contributed by atoms with Crippen molar-refractivity contribution in [3.8, 4) is 0 Å². The van der Waals surface area contributed by atoms with E-state index >= 15 is 0 Å². The van der Waals surface area contributed by atoms with Crippen LogP contribution in [0, 0.1) is 20.8 Å². The fraction of sp³-hybridized carbons (Fsp3) is 0.455. The zero-order valence-corrected chi connectivity index (χ0v) is 9.70. The Labute approximate surface area is 93.9 Å². The minimum atomic E-state index is 0.578. The van der Waals surface area contributed by atoms with E-state index in [1.165, 1.54) is 0 Å². The molecule has 2 rings (SSSR count). The first-order chi connectivity index (χ1) is 7.65. The quantitative estimate of drug-likeness (QED) is 0.853. The third kappa shape index (κ3) is 2.49. The van der Waals surface area contributed by atoms with Gasteiger partial charge in [-0.15, -0.1) is 0 Å². The topological polar surface area (TPSA) is 64.1 Å². The van der Waals surface area contributed by atoms with Crippen LogP contribution in [0.2, 0.25) is 0 Å². The number of hydrogen-bond acceptors (Lipinski definition) is 5. The van der Waals surface area contributed by atoms with Crippen molar-refractivity contribution in [1.82, 2.24) is 15.3 Å². The molecule has 0 radical (unpaired) electrons. The Balaban J connectivity index is 1.84. The van der Waals surface area contributed by atoms with Crippen molar-refractivity contribution in [3.63, 3.8) is 0 Å². The molecule has 0 aliphatic heterocycles. The predicted octanol–water partition coefficient (Wildman–Crippen LogP) is 1.88. The van der Waals surface area contributed by atoms with Gasteiger partial charge in [0.15, 0.2) is 0 Å². The Morgan fingerprint density at radius 3 is 2.44 bits per heavy atom. The van der Waals surface area contributed by atoms with Crippen LogP contribution in [0.25, 0.3) is 0 Å². The Kier molecular flexibility index (Phi) is 3.05. The summed E-state index contributed by atoms with van der Waals surface area (Å²) in [5.74, 6) is 3.05. The van der Waals surface area contributed by atoms with Gasteiger partial charge in [-0.1, -0.05) is 0 Å². The van der Waals surface area contributed by atoms with Gasteiger partial charge in [0.1, 0.15) is 11.5 Å². The third-order valence-corrected chi connectivity index (χ3v) is 2.29. The minimum Gasteiger partial charge on any atom is -0.445 e. The molecule has 0 aromatic carbocycles. The lowest BCUT2D eigenvalue weighted by molar-refractivity contribution is 0.418. The van der Waals surface area contributed by atoms with Gasteiger partial charge in [-0.3, -0.25) is 0 Å². The zero-order valence-electron chi connectivity index (χ0n) is 9.70. The average Bonchev–Trinajstić information content (AvgIpc) is 2.75. The smallest absolute Gasteiger partial charge is 0.208 e. The molecule has 5 heteroatoms. The molecule has 0 saturated carbocycles. The van der Waals surface area contributed by atoms with E-state index in [-0.39, 0.29) is 0 Å². The van der Waals surface area contributed by atoms with Gasteiger partial charge >= 0.3 is 0 Å². The highest BCUT2D eigenvalue weighted by Gasteiger charge is 2.05. The van der Waals surface area contributed by atoms with Crippen LogP contribution < -0.4 is 5.32 Å². The molecule has 2 aromatic heterocycles. The molecule has 0 amide bonds. The van der Waals surface area contributed by atoms with Crippen molar-refractivity contribution in [2.24, 2.45) is 0 Å². The SMILES string of the molecule is Cc1cnc(CNCc2nc(C)c(C)o2)o1. The molecule has 5 nitrogen and oxygen atoms in total. The van der Waals surface area contributed by atoms with E-state index < -0.39 is 0 Å². The van der Waals surface area contributed by atoms with E-state index in [0.717, 1.165) is 17.2 Å². The summed E-state index contributed by atoms with van der Waals surface area (Å²) >= 11 is 0. The van der Waals surface area contributed by atoms with Crippen LogP contribution in [0.15, 0.2) is 15.0 Å². The van der Waals surface area contributed by atoms with Crippen LogP contribution in [0.3, 0.4) is 0 Å². The van der Waals surface area contributed by atoms with Gasteiger partial charge in [0, 0.05) is 0 Å². The summed E-state index contributed by atoms with van der Waals surface area (Å²) in [5, 5.41) is 3.16. The van der Waals surface area contributed by atoms with Crippen molar-refractivity contribution < 1.29 is 8.83 Å². The number of rotatable bonds is 4. The van der Waals surface area contributed by atoms with Crippen molar-refractivity contribution in [1.29, 1.82) is 0 Å². The minimum absolute atomic E-state index is 0.578. The molecule has 0 saturated heterocycles. The second-order valence-electron chi connectivity index (χ2n) is 3.72. The maximum Gasteiger partial charge on any atom is 0.208 e. The normalized spacial score (nSPS) is 10.9. The highest BCUT2D eigenvalue weighted by Crippen LogP contribution is 2.08. The lowest BCUT2D eigenvalue weighted by Gasteiger charge is -1.97. The summed E-state index contributed by atoms with van der Waals surface area (Å²) in [6, 6.07) is 0. The van der Waals surface area contributed by atoms with Crippen LogP contribution in [0.5, 0.6) is 0 Å². The monoisotopic (exact) mass is 221 g/mol. The Morgan fingerprint density at radius 1 is 1.12 bits per heavy atom. The predicted molar refractivity (Wildman–Crippen MR) is 57.8 cm³/mol. The molecule has 16 heavy (non-hydrogen) atoms. The lowest BCUT2D eigenvalue weighted by Crippen LogP contribution is -2.13. The van der Waals surface area contributed by atoms with Crippen molar-refractivity contribution >= 4 is 0 Å². The van der Waals surface area contributed by atoms with Gasteiger partial charge in [0.25, 0.3) is 0 Å². The van der Waals surface area contributed by atoms with Crippen molar-refractivity contribution in [2.75, 3.05) is 0 Å². The molecular weight excluding hydrogens is 206 g/mol. The molecule has 0 fully saturated rings. The lowest BCUT2D eigenvalue weighted by atomic mass is 10.4. The molecule has 0 aliphatic carbocycles. The van der Waals surface area contributed by atoms with Crippen molar-refractivity contribution in [2.45, 2.75) is 33.9 Å². The molecule has 0 unspecified atom stereocenters. The number of aryl methyl sites for hydroxylation is 3. The summed E-state index contributed by atoms with van der Waals surface area (Å²) in [5.41, 5.74) is 0.934. The number of hydrogen-bond donors (Lipinski definition) is 1. The Morgan fingerprint density at radius 2 is 1.88 bits per heavy atom. The van der Waals surface area contributed by atoms with Gasteiger partial charge < -0.3 is 14.2 Å². The molecule has 0 aliphatic rings. The Bertz CT molecular complexity index is 454. The number of nitrogens with zero attached hydrogens (tertiary/aromatic N) is 2. The fourth-order valence-corrected chi connectivity index (χ4v) is 1.37. The molecular formula is C11H15N3O2. The largest absolute Gasteiger partial charge is 0.445 e. The van der Waals surface area contributed by atoms with Crippen LogP contribution in [-0.2, 0) is 13.1 Å². The van der Waals surface area contributed by atoms with E-state index in [2.05, 4.69) is 15.3 Å². The summed E-state index contributed by atoms with van der Waals surface area (Å²) in [7, 11) is 0. The second kappa shape index (κ2) is 4.49. The first-order valence-corrected chi connectivity index (χ1v) is 5.20. The van der Waals surface area contributed by atoms with Crippen LogP contribution in [0.1, 0.15) is 29.0 Å². The van der Waals surface area contributed by atoms with Gasteiger partial charge in [0.2, 0.25) is 11.8 Å². The highest BCUT2D eigenvalue weighted by molar-refractivity contribution is 5.05. The summed E-state index contributed by atoms with van der Waals surface area (Å²) in [6.45, 7) is 6.87. The average molecular weight is 221 g/mol. The Hall–Kier alpha value is -1.62. The highest BCUT2D eigenvalue weighted by atomic mass is 16.4. The van der Waals surface area contributed by atoms with Gasteiger partial charge in [-0.2, -0.15) is 0 Å². The van der Waals surface area contributed by atoms with Crippen LogP contribution >= 0.6 is 0 Å². The van der Waals surface area contributed by atoms with E-state index in [4.69, 9.17) is 8.83 Å². The molecule has 0 atom stereocenters. The van der Waals surface area contributed by atoms with Crippen LogP contribution in [0.4, 0.5) is 0 Å².